The van der Waals surface area contributed by atoms with Gasteiger partial charge in [0, 0.05) is 30.5 Å². The van der Waals surface area contributed by atoms with Gasteiger partial charge in [-0.05, 0) is 49.2 Å². The zero-order valence-electron chi connectivity index (χ0n) is 17.2. The number of carbonyl (C=O) groups is 2. The average molecular weight is 453 g/mol. The predicted molar refractivity (Wildman–Crippen MR) is 118 cm³/mol. The van der Waals surface area contributed by atoms with Gasteiger partial charge in [-0.25, -0.2) is 12.7 Å². The molecule has 30 heavy (non-hydrogen) atoms. The second-order valence-corrected chi connectivity index (χ2v) is 9.41. The molecule has 0 aliphatic rings. The Hall–Kier alpha value is -2.62. The molecule has 0 radical (unpaired) electrons. The molecule has 0 unspecified atom stereocenters. The third-order valence-corrected chi connectivity index (χ3v) is 6.64. The van der Waals surface area contributed by atoms with Gasteiger partial charge in [-0.3, -0.25) is 9.59 Å². The molecule has 2 aromatic carbocycles. The molecule has 2 amide bonds. The van der Waals surface area contributed by atoms with Crippen molar-refractivity contribution in [3.05, 3.63) is 52.5 Å². The molecule has 0 saturated heterocycles. The third kappa shape index (κ3) is 5.94. The molecule has 0 bridgehead atoms. The highest BCUT2D eigenvalue weighted by atomic mass is 35.5. The van der Waals surface area contributed by atoms with Crippen LogP contribution in [0.1, 0.15) is 11.1 Å². The summed E-state index contributed by atoms with van der Waals surface area (Å²) in [6.45, 7) is 3.26. The molecule has 0 atom stereocenters. The maximum absolute atomic E-state index is 12.3. The molecule has 0 aromatic heterocycles. The van der Waals surface area contributed by atoms with Crippen molar-refractivity contribution in [2.45, 2.75) is 18.7 Å². The Bertz CT molecular complexity index is 1050. The number of amides is 2. The van der Waals surface area contributed by atoms with E-state index in [1.807, 2.05) is 0 Å². The number of anilines is 2. The molecule has 10 heteroatoms. The minimum atomic E-state index is -3.58. The van der Waals surface area contributed by atoms with Crippen molar-refractivity contribution in [1.29, 1.82) is 0 Å². The van der Waals surface area contributed by atoms with Gasteiger partial charge in [0.05, 0.1) is 18.0 Å². The molecule has 0 saturated carbocycles. The molecule has 2 rings (SSSR count). The van der Waals surface area contributed by atoms with Crippen LogP contribution in [0.4, 0.5) is 11.4 Å². The van der Waals surface area contributed by atoms with Crippen molar-refractivity contribution < 1.29 is 18.0 Å². The fraction of sp³-hybridized carbons (Fsp3) is 0.300. The first kappa shape index (κ1) is 23.7. The quantitative estimate of drug-likeness (QED) is 0.570. The van der Waals surface area contributed by atoms with Crippen LogP contribution in [0.2, 0.25) is 5.02 Å². The van der Waals surface area contributed by atoms with E-state index in [0.717, 1.165) is 15.4 Å². The van der Waals surface area contributed by atoms with E-state index in [9.17, 15) is 18.0 Å². The van der Waals surface area contributed by atoms with Gasteiger partial charge in [-0.1, -0.05) is 23.7 Å². The molecule has 2 aromatic rings. The average Bonchev–Trinajstić information content (AvgIpc) is 2.69. The van der Waals surface area contributed by atoms with E-state index in [2.05, 4.69) is 16.0 Å². The standard InChI is InChI=1S/C20H25ClN4O4S/c1-13-8-9-15(30(28,29)25(3)4)10-18(13)22-11-19(26)23-12-20(27)24-17-7-5-6-16(21)14(17)2/h5-10,22H,11-12H2,1-4H3,(H,23,26)(H,24,27). The summed E-state index contributed by atoms with van der Waals surface area (Å²) in [5.41, 5.74) is 2.62. The van der Waals surface area contributed by atoms with Crippen molar-refractivity contribution in [3.63, 3.8) is 0 Å². The zero-order valence-corrected chi connectivity index (χ0v) is 18.8. The minimum Gasteiger partial charge on any atom is -0.376 e. The van der Waals surface area contributed by atoms with E-state index >= 15 is 0 Å². The van der Waals surface area contributed by atoms with Gasteiger partial charge >= 0.3 is 0 Å². The van der Waals surface area contributed by atoms with Crippen LogP contribution in [0.5, 0.6) is 0 Å². The maximum atomic E-state index is 12.3. The number of sulfonamides is 1. The van der Waals surface area contributed by atoms with E-state index in [1.165, 1.54) is 26.2 Å². The first-order chi connectivity index (χ1) is 14.0. The van der Waals surface area contributed by atoms with Gasteiger partial charge in [-0.15, -0.1) is 0 Å². The Morgan fingerprint density at radius 3 is 2.37 bits per heavy atom. The largest absolute Gasteiger partial charge is 0.376 e. The van der Waals surface area contributed by atoms with Crippen molar-refractivity contribution in [1.82, 2.24) is 9.62 Å². The van der Waals surface area contributed by atoms with E-state index in [0.29, 0.717) is 16.4 Å². The van der Waals surface area contributed by atoms with Gasteiger partial charge in [-0.2, -0.15) is 0 Å². The lowest BCUT2D eigenvalue weighted by Gasteiger charge is -2.15. The summed E-state index contributed by atoms with van der Waals surface area (Å²) >= 11 is 6.02. The van der Waals surface area contributed by atoms with Gasteiger partial charge in [0.25, 0.3) is 0 Å². The van der Waals surface area contributed by atoms with Gasteiger partial charge in [0.2, 0.25) is 21.8 Å². The van der Waals surface area contributed by atoms with Crippen LogP contribution in [0, 0.1) is 13.8 Å². The summed E-state index contributed by atoms with van der Waals surface area (Å²) in [6.07, 6.45) is 0. The highest BCUT2D eigenvalue weighted by Gasteiger charge is 2.18. The van der Waals surface area contributed by atoms with Crippen LogP contribution in [-0.4, -0.2) is 51.7 Å². The Labute approximate surface area is 181 Å². The van der Waals surface area contributed by atoms with Crippen LogP contribution in [0.15, 0.2) is 41.3 Å². The Balaban J connectivity index is 1.92. The fourth-order valence-electron chi connectivity index (χ4n) is 2.52. The van der Waals surface area contributed by atoms with Gasteiger partial charge in [0.1, 0.15) is 0 Å². The summed E-state index contributed by atoms with van der Waals surface area (Å²) in [4.78, 5) is 24.3. The van der Waals surface area contributed by atoms with Crippen LogP contribution in [0.3, 0.4) is 0 Å². The zero-order chi connectivity index (χ0) is 22.5. The number of hydrogen-bond acceptors (Lipinski definition) is 5. The van der Waals surface area contributed by atoms with Gasteiger partial charge in [0.15, 0.2) is 0 Å². The number of carbonyl (C=O) groups excluding carboxylic acids is 2. The lowest BCUT2D eigenvalue weighted by atomic mass is 10.2. The lowest BCUT2D eigenvalue weighted by Crippen LogP contribution is -2.36. The lowest BCUT2D eigenvalue weighted by molar-refractivity contribution is -0.122. The maximum Gasteiger partial charge on any atom is 0.243 e. The SMILES string of the molecule is Cc1ccc(S(=O)(=O)N(C)C)cc1NCC(=O)NCC(=O)Nc1cccc(Cl)c1C. The normalized spacial score (nSPS) is 11.3. The fourth-order valence-corrected chi connectivity index (χ4v) is 3.62. The molecule has 3 N–H and O–H groups in total. The number of nitrogens with zero attached hydrogens (tertiary/aromatic N) is 1. The molecule has 0 aliphatic carbocycles. The van der Waals surface area contributed by atoms with Crippen molar-refractivity contribution >= 4 is 44.8 Å². The molecular formula is C20H25ClN4O4S. The predicted octanol–water partition coefficient (Wildman–Crippen LogP) is 2.37. The smallest absolute Gasteiger partial charge is 0.243 e. The highest BCUT2D eigenvalue weighted by molar-refractivity contribution is 7.89. The molecular weight excluding hydrogens is 428 g/mol. The summed E-state index contributed by atoms with van der Waals surface area (Å²) < 4.78 is 25.7. The van der Waals surface area contributed by atoms with Gasteiger partial charge < -0.3 is 16.0 Å². The topological polar surface area (TPSA) is 108 Å². The van der Waals surface area contributed by atoms with E-state index < -0.39 is 15.9 Å². The van der Waals surface area contributed by atoms with Crippen LogP contribution >= 0.6 is 11.6 Å². The van der Waals surface area contributed by atoms with Crippen LogP contribution in [-0.2, 0) is 19.6 Å². The molecule has 0 spiro atoms. The number of benzene rings is 2. The second kappa shape index (κ2) is 9.92. The summed E-state index contributed by atoms with van der Waals surface area (Å²) in [7, 11) is -0.682. The highest BCUT2D eigenvalue weighted by Crippen LogP contribution is 2.23. The molecule has 0 heterocycles. The second-order valence-electron chi connectivity index (χ2n) is 6.86. The van der Waals surface area contributed by atoms with Crippen LogP contribution in [0.25, 0.3) is 0 Å². The summed E-state index contributed by atoms with van der Waals surface area (Å²) in [5, 5.41) is 8.66. The minimum absolute atomic E-state index is 0.115. The Morgan fingerprint density at radius 2 is 1.70 bits per heavy atom. The van der Waals surface area contributed by atoms with E-state index in [1.54, 1.807) is 38.1 Å². The molecule has 0 fully saturated rings. The number of aryl methyl sites for hydroxylation is 1. The van der Waals surface area contributed by atoms with E-state index in [4.69, 9.17) is 11.6 Å². The number of rotatable bonds is 8. The van der Waals surface area contributed by atoms with Crippen molar-refractivity contribution in [2.24, 2.45) is 0 Å². The summed E-state index contributed by atoms with van der Waals surface area (Å²) in [6, 6.07) is 9.82. The third-order valence-electron chi connectivity index (χ3n) is 4.41. The number of nitrogens with one attached hydrogen (secondary N) is 3. The molecule has 0 aliphatic heterocycles. The first-order valence-electron chi connectivity index (χ1n) is 9.11. The number of halogens is 1. The molecule has 8 nitrogen and oxygen atoms in total. The Morgan fingerprint density at radius 1 is 1.00 bits per heavy atom. The van der Waals surface area contributed by atoms with Crippen LogP contribution < -0.4 is 16.0 Å². The summed E-state index contributed by atoms with van der Waals surface area (Å²) in [5.74, 6) is -0.794. The monoisotopic (exact) mass is 452 g/mol. The Kier molecular flexibility index (Phi) is 7.83. The first-order valence-corrected chi connectivity index (χ1v) is 10.9. The van der Waals surface area contributed by atoms with Crippen molar-refractivity contribution in [3.8, 4) is 0 Å². The molecule has 162 valence electrons. The van der Waals surface area contributed by atoms with Crippen molar-refractivity contribution in [2.75, 3.05) is 37.8 Å². The number of hydrogen-bond donors (Lipinski definition) is 3. The van der Waals surface area contributed by atoms with E-state index in [-0.39, 0.29) is 23.9 Å².